The van der Waals surface area contributed by atoms with Gasteiger partial charge in [-0.05, 0) is 17.7 Å². The molecule has 2 aliphatic heterocycles. The zero-order valence-electron chi connectivity index (χ0n) is 16.0. The van der Waals surface area contributed by atoms with E-state index in [9.17, 15) is 4.79 Å². The predicted octanol–water partition coefficient (Wildman–Crippen LogP) is 1.60. The van der Waals surface area contributed by atoms with E-state index in [4.69, 9.17) is 27.9 Å². The van der Waals surface area contributed by atoms with Crippen molar-refractivity contribution in [2.75, 3.05) is 32.8 Å². The summed E-state index contributed by atoms with van der Waals surface area (Å²) >= 11 is 12.1. The number of amidine groups is 1. The van der Waals surface area contributed by atoms with E-state index in [1.165, 1.54) is 0 Å². The summed E-state index contributed by atoms with van der Waals surface area (Å²) in [5.74, 6) is 0.929. The summed E-state index contributed by atoms with van der Waals surface area (Å²) in [5.41, 5.74) is 6.65. The number of benzene rings is 1. The normalized spacial score (nSPS) is 20.2. The van der Waals surface area contributed by atoms with Gasteiger partial charge in [0.15, 0.2) is 0 Å². The van der Waals surface area contributed by atoms with Crippen LogP contribution in [-0.2, 0) is 16.1 Å². The highest BCUT2D eigenvalue weighted by Crippen LogP contribution is 2.23. The number of hydrogen-bond donors (Lipinski definition) is 3. The SMILES string of the molecule is CC(C)C1=NNNN1CC(=O)NC[C@H]1CN(Cc2ccc(Cl)c(Cl)c2)CCO1. The van der Waals surface area contributed by atoms with Crippen LogP contribution in [0.3, 0.4) is 0 Å². The van der Waals surface area contributed by atoms with Crippen LogP contribution in [0.5, 0.6) is 0 Å². The summed E-state index contributed by atoms with van der Waals surface area (Å²) in [6.07, 6.45) is -0.0524. The Balaban J connectivity index is 1.44. The van der Waals surface area contributed by atoms with Crippen LogP contribution in [-0.4, -0.2) is 60.5 Å². The highest BCUT2D eigenvalue weighted by molar-refractivity contribution is 6.42. The molecule has 0 spiro atoms. The van der Waals surface area contributed by atoms with E-state index in [1.807, 2.05) is 32.0 Å². The Hall–Kier alpha value is -1.58. The lowest BCUT2D eigenvalue weighted by Crippen LogP contribution is -2.51. The molecule has 2 aliphatic rings. The first-order valence-electron chi connectivity index (χ1n) is 9.32. The van der Waals surface area contributed by atoms with Gasteiger partial charge in [-0.1, -0.05) is 43.1 Å². The van der Waals surface area contributed by atoms with Gasteiger partial charge >= 0.3 is 0 Å². The van der Waals surface area contributed by atoms with Crippen molar-refractivity contribution in [2.24, 2.45) is 11.0 Å². The maximum absolute atomic E-state index is 12.3. The van der Waals surface area contributed by atoms with E-state index >= 15 is 0 Å². The molecule has 2 heterocycles. The number of hydrazine groups is 2. The number of carbonyl (C=O) groups is 1. The second kappa shape index (κ2) is 9.76. The van der Waals surface area contributed by atoms with E-state index in [0.717, 1.165) is 31.0 Å². The average Bonchev–Trinajstić information content (AvgIpc) is 3.12. The van der Waals surface area contributed by atoms with Crippen molar-refractivity contribution >= 4 is 34.9 Å². The highest BCUT2D eigenvalue weighted by atomic mass is 35.5. The topological polar surface area (TPSA) is 81.2 Å². The molecule has 1 aromatic carbocycles. The summed E-state index contributed by atoms with van der Waals surface area (Å²) in [4.78, 5) is 14.6. The van der Waals surface area contributed by atoms with Gasteiger partial charge in [0.1, 0.15) is 12.4 Å². The Morgan fingerprint density at radius 3 is 2.96 bits per heavy atom. The van der Waals surface area contributed by atoms with Crippen molar-refractivity contribution in [3.05, 3.63) is 33.8 Å². The van der Waals surface area contributed by atoms with E-state index in [1.54, 1.807) is 5.01 Å². The zero-order chi connectivity index (χ0) is 20.1. The van der Waals surface area contributed by atoms with Crippen LogP contribution in [0.1, 0.15) is 19.4 Å². The Kier molecular flexibility index (Phi) is 7.36. The summed E-state index contributed by atoms with van der Waals surface area (Å²) < 4.78 is 5.80. The molecule has 0 aliphatic carbocycles. The third kappa shape index (κ3) is 5.71. The van der Waals surface area contributed by atoms with Crippen LogP contribution in [0.15, 0.2) is 23.3 Å². The predicted molar refractivity (Wildman–Crippen MR) is 110 cm³/mol. The number of nitrogens with zero attached hydrogens (tertiary/aromatic N) is 3. The molecule has 154 valence electrons. The number of hydrogen-bond acceptors (Lipinski definition) is 7. The van der Waals surface area contributed by atoms with Crippen LogP contribution in [0, 0.1) is 5.92 Å². The van der Waals surface area contributed by atoms with Crippen molar-refractivity contribution in [3.8, 4) is 0 Å². The van der Waals surface area contributed by atoms with E-state index < -0.39 is 0 Å². The molecule has 0 saturated carbocycles. The molecule has 1 atom stereocenters. The van der Waals surface area contributed by atoms with Crippen LogP contribution < -0.4 is 16.4 Å². The molecule has 0 bridgehead atoms. The lowest BCUT2D eigenvalue weighted by atomic mass is 10.2. The molecule has 3 N–H and O–H groups in total. The van der Waals surface area contributed by atoms with Gasteiger partial charge in [0.05, 0.1) is 22.8 Å². The molecule has 3 rings (SSSR count). The number of ether oxygens (including phenoxy) is 1. The third-order valence-corrected chi connectivity index (χ3v) is 5.33. The van der Waals surface area contributed by atoms with Gasteiger partial charge in [-0.3, -0.25) is 14.7 Å². The molecule has 0 unspecified atom stereocenters. The first kappa shape index (κ1) is 21.1. The molecule has 1 saturated heterocycles. The van der Waals surface area contributed by atoms with Gasteiger partial charge < -0.3 is 10.1 Å². The van der Waals surface area contributed by atoms with Crippen molar-refractivity contribution in [1.82, 2.24) is 26.3 Å². The number of amides is 1. The summed E-state index contributed by atoms with van der Waals surface area (Å²) in [7, 11) is 0. The number of nitrogens with one attached hydrogen (secondary N) is 3. The van der Waals surface area contributed by atoms with Crippen molar-refractivity contribution in [1.29, 1.82) is 0 Å². The molecule has 8 nitrogen and oxygen atoms in total. The van der Waals surface area contributed by atoms with E-state index in [-0.39, 0.29) is 24.5 Å². The van der Waals surface area contributed by atoms with Crippen LogP contribution in [0.25, 0.3) is 0 Å². The molecule has 0 radical (unpaired) electrons. The smallest absolute Gasteiger partial charge is 0.241 e. The maximum Gasteiger partial charge on any atom is 0.241 e. The fourth-order valence-electron chi connectivity index (χ4n) is 3.19. The quantitative estimate of drug-likeness (QED) is 0.611. The summed E-state index contributed by atoms with van der Waals surface area (Å²) in [5, 5.41) is 9.90. The van der Waals surface area contributed by atoms with Gasteiger partial charge in [0.2, 0.25) is 5.91 Å². The Morgan fingerprint density at radius 2 is 2.21 bits per heavy atom. The number of carbonyl (C=O) groups excluding carboxylic acids is 1. The monoisotopic (exact) mass is 428 g/mol. The fraction of sp³-hybridized carbons (Fsp3) is 0.556. The van der Waals surface area contributed by atoms with Gasteiger partial charge in [-0.25, -0.2) is 5.53 Å². The second-order valence-corrected chi connectivity index (χ2v) is 8.03. The maximum atomic E-state index is 12.3. The Labute approximate surface area is 175 Å². The first-order valence-corrected chi connectivity index (χ1v) is 10.1. The lowest BCUT2D eigenvalue weighted by Gasteiger charge is -2.33. The van der Waals surface area contributed by atoms with Gasteiger partial charge in [0, 0.05) is 32.1 Å². The highest BCUT2D eigenvalue weighted by Gasteiger charge is 2.24. The molecule has 0 aromatic heterocycles. The van der Waals surface area contributed by atoms with Gasteiger partial charge in [-0.2, -0.15) is 0 Å². The van der Waals surface area contributed by atoms with Crippen molar-refractivity contribution < 1.29 is 9.53 Å². The second-order valence-electron chi connectivity index (χ2n) is 7.21. The lowest BCUT2D eigenvalue weighted by molar-refractivity contribution is -0.123. The van der Waals surface area contributed by atoms with Crippen molar-refractivity contribution in [2.45, 2.75) is 26.5 Å². The number of morpholine rings is 1. The summed E-state index contributed by atoms with van der Waals surface area (Å²) in [6.45, 7) is 7.67. The number of rotatable bonds is 7. The Bertz CT molecular complexity index is 730. The number of halogens is 2. The molecule has 10 heteroatoms. The molecule has 1 fully saturated rings. The minimum absolute atomic E-state index is 0.0524. The van der Waals surface area contributed by atoms with Crippen LogP contribution in [0.4, 0.5) is 0 Å². The van der Waals surface area contributed by atoms with E-state index in [2.05, 4.69) is 26.4 Å². The number of hydrazone groups is 1. The minimum atomic E-state index is -0.0882. The Morgan fingerprint density at radius 1 is 1.39 bits per heavy atom. The molecule has 28 heavy (non-hydrogen) atoms. The molecular weight excluding hydrogens is 403 g/mol. The van der Waals surface area contributed by atoms with Crippen LogP contribution in [0.2, 0.25) is 10.0 Å². The van der Waals surface area contributed by atoms with Crippen LogP contribution >= 0.6 is 23.2 Å². The molecule has 1 amide bonds. The van der Waals surface area contributed by atoms with Gasteiger partial charge in [-0.15, -0.1) is 10.6 Å². The largest absolute Gasteiger partial charge is 0.374 e. The first-order chi connectivity index (χ1) is 13.4. The van der Waals surface area contributed by atoms with Crippen molar-refractivity contribution in [3.63, 3.8) is 0 Å². The standard InChI is InChI=1S/C18H26Cl2N6O2/c1-12(2)18-22-23-24-26(18)11-17(27)21-8-14-10-25(5-6-28-14)9-13-3-4-15(19)16(20)7-13/h3-4,7,12,14,23-24H,5-6,8-11H2,1-2H3,(H,21,27)/t14-/m0/s1. The molecular formula is C18H26Cl2N6O2. The summed E-state index contributed by atoms with van der Waals surface area (Å²) in [6, 6.07) is 5.68. The van der Waals surface area contributed by atoms with Gasteiger partial charge in [0.25, 0.3) is 0 Å². The third-order valence-electron chi connectivity index (χ3n) is 4.59. The minimum Gasteiger partial charge on any atom is -0.374 e. The van der Waals surface area contributed by atoms with E-state index in [0.29, 0.717) is 23.2 Å². The fourth-order valence-corrected chi connectivity index (χ4v) is 3.51. The molecule has 1 aromatic rings. The zero-order valence-corrected chi connectivity index (χ0v) is 17.6. The average molecular weight is 429 g/mol.